The van der Waals surface area contributed by atoms with Crippen molar-refractivity contribution in [1.29, 1.82) is 0 Å². The van der Waals surface area contributed by atoms with Crippen LogP contribution in [0.2, 0.25) is 0 Å². The molecular weight excluding hydrogens is 348 g/mol. The van der Waals surface area contributed by atoms with E-state index in [1.807, 2.05) is 0 Å². The van der Waals surface area contributed by atoms with Crippen molar-refractivity contribution in [1.82, 2.24) is 4.98 Å². The van der Waals surface area contributed by atoms with Gasteiger partial charge < -0.3 is 14.7 Å². The monoisotopic (exact) mass is 368 g/mol. The molecule has 1 N–H and O–H groups in total. The van der Waals surface area contributed by atoms with Gasteiger partial charge in [-0.1, -0.05) is 6.07 Å². The summed E-state index contributed by atoms with van der Waals surface area (Å²) in [5.74, 6) is -1.28. The number of anilines is 1. The molecule has 0 radical (unpaired) electrons. The minimum Gasteiger partial charge on any atom is -0.478 e. The van der Waals surface area contributed by atoms with Crippen molar-refractivity contribution in [2.24, 2.45) is 5.92 Å². The molecule has 1 heterocycles. The third kappa shape index (κ3) is 4.13. The summed E-state index contributed by atoms with van der Waals surface area (Å²) in [6, 6.07) is 8.11. The van der Waals surface area contributed by atoms with Gasteiger partial charge in [0.15, 0.2) is 0 Å². The molecule has 0 saturated heterocycles. The molecule has 2 aromatic rings. The van der Waals surface area contributed by atoms with Gasteiger partial charge in [-0.15, -0.1) is 0 Å². The molecule has 1 aromatic carbocycles. The molecule has 1 aliphatic carbocycles. The number of amides is 1. The molecule has 1 fully saturated rings. The largest absolute Gasteiger partial charge is 0.478 e. The van der Waals surface area contributed by atoms with E-state index < -0.39 is 11.9 Å². The van der Waals surface area contributed by atoms with Crippen LogP contribution >= 0.6 is 0 Å². The molecule has 27 heavy (non-hydrogen) atoms. The lowest BCUT2D eigenvalue weighted by atomic mass is 10.0. The molecule has 7 heteroatoms. The lowest BCUT2D eigenvalue weighted by Gasteiger charge is -2.23. The molecule has 0 atom stereocenters. The number of hydrogen-bond donors (Lipinski definition) is 1. The van der Waals surface area contributed by atoms with Crippen LogP contribution in [0, 0.1) is 5.92 Å². The molecule has 3 rings (SSSR count). The SMILES string of the molecule is COC(=O)c1cc(-c2ccc(C(=O)O)cn2)ccc1N(CC1CC1)C(C)=O. The molecule has 140 valence electrons. The number of carbonyl (C=O) groups excluding carboxylic acids is 2. The van der Waals surface area contributed by atoms with E-state index in [-0.39, 0.29) is 17.0 Å². The Balaban J connectivity index is 2.01. The number of hydrogen-bond acceptors (Lipinski definition) is 5. The summed E-state index contributed by atoms with van der Waals surface area (Å²) in [6.07, 6.45) is 3.42. The molecule has 0 aliphatic heterocycles. The van der Waals surface area contributed by atoms with Crippen molar-refractivity contribution in [2.75, 3.05) is 18.6 Å². The Morgan fingerprint density at radius 1 is 1.22 bits per heavy atom. The average Bonchev–Trinajstić information content (AvgIpc) is 3.49. The molecule has 0 unspecified atom stereocenters. The first-order chi connectivity index (χ1) is 12.9. The molecule has 0 spiro atoms. The van der Waals surface area contributed by atoms with Gasteiger partial charge in [-0.2, -0.15) is 0 Å². The number of benzene rings is 1. The second-order valence-electron chi connectivity index (χ2n) is 6.53. The number of carboxylic acid groups (broad SMARTS) is 1. The number of nitrogens with zero attached hydrogens (tertiary/aromatic N) is 2. The molecule has 0 bridgehead atoms. The Kier molecular flexibility index (Phi) is 5.21. The smallest absolute Gasteiger partial charge is 0.340 e. The fraction of sp³-hybridized carbons (Fsp3) is 0.300. The minimum absolute atomic E-state index is 0.0794. The van der Waals surface area contributed by atoms with Crippen LogP contribution in [-0.2, 0) is 9.53 Å². The zero-order valence-corrected chi connectivity index (χ0v) is 15.1. The predicted octanol–water partition coefficient (Wildman–Crippen LogP) is 3.00. The highest BCUT2D eigenvalue weighted by atomic mass is 16.5. The highest BCUT2D eigenvalue weighted by Crippen LogP contribution is 2.34. The zero-order chi connectivity index (χ0) is 19.6. The molecular formula is C20H20N2O5. The topological polar surface area (TPSA) is 96.8 Å². The predicted molar refractivity (Wildman–Crippen MR) is 98.7 cm³/mol. The summed E-state index contributed by atoms with van der Waals surface area (Å²) < 4.78 is 4.89. The van der Waals surface area contributed by atoms with Crippen molar-refractivity contribution in [3.05, 3.63) is 47.7 Å². The third-order valence-corrected chi connectivity index (χ3v) is 4.52. The lowest BCUT2D eigenvalue weighted by molar-refractivity contribution is -0.116. The van der Waals surface area contributed by atoms with Crippen LogP contribution in [-0.4, -0.2) is 41.6 Å². The molecule has 1 amide bonds. The first kappa shape index (κ1) is 18.6. The van der Waals surface area contributed by atoms with Crippen molar-refractivity contribution < 1.29 is 24.2 Å². The number of carboxylic acids is 1. The van der Waals surface area contributed by atoms with Crippen LogP contribution in [0.1, 0.15) is 40.5 Å². The maximum Gasteiger partial charge on any atom is 0.340 e. The van der Waals surface area contributed by atoms with Crippen molar-refractivity contribution >= 4 is 23.5 Å². The van der Waals surface area contributed by atoms with Crippen molar-refractivity contribution in [3.63, 3.8) is 0 Å². The van der Waals surface area contributed by atoms with Gasteiger partial charge in [0.2, 0.25) is 5.91 Å². The summed E-state index contributed by atoms with van der Waals surface area (Å²) in [5, 5.41) is 8.98. The Labute approximate surface area is 156 Å². The van der Waals surface area contributed by atoms with Gasteiger partial charge in [0.25, 0.3) is 0 Å². The first-order valence-electron chi connectivity index (χ1n) is 8.61. The minimum atomic E-state index is -1.06. The van der Waals surface area contributed by atoms with Gasteiger partial charge in [-0.05, 0) is 43.0 Å². The quantitative estimate of drug-likeness (QED) is 0.787. The molecule has 1 saturated carbocycles. The van der Waals surface area contributed by atoms with Gasteiger partial charge in [0, 0.05) is 25.2 Å². The third-order valence-electron chi connectivity index (χ3n) is 4.52. The second-order valence-corrected chi connectivity index (χ2v) is 6.53. The summed E-state index contributed by atoms with van der Waals surface area (Å²) >= 11 is 0. The number of pyridine rings is 1. The summed E-state index contributed by atoms with van der Waals surface area (Å²) in [5.41, 5.74) is 2.01. The van der Waals surface area contributed by atoms with E-state index in [0.29, 0.717) is 29.4 Å². The molecule has 1 aliphatic rings. The summed E-state index contributed by atoms with van der Waals surface area (Å²) in [4.78, 5) is 41.2. The average molecular weight is 368 g/mol. The van der Waals surface area contributed by atoms with Crippen LogP contribution < -0.4 is 4.90 Å². The standard InChI is InChI=1S/C20H20N2O5/c1-12(23)22(11-13-3-4-13)18-8-6-14(9-16(18)20(26)27-2)17-7-5-15(10-21-17)19(24)25/h5-10,13H,3-4,11H2,1-2H3,(H,24,25). The summed E-state index contributed by atoms with van der Waals surface area (Å²) in [6.45, 7) is 2.05. The van der Waals surface area contributed by atoms with Gasteiger partial charge >= 0.3 is 11.9 Å². The fourth-order valence-corrected chi connectivity index (χ4v) is 2.85. The first-order valence-corrected chi connectivity index (χ1v) is 8.61. The van der Waals surface area contributed by atoms with Crippen LogP contribution in [0.15, 0.2) is 36.5 Å². The summed E-state index contributed by atoms with van der Waals surface area (Å²) in [7, 11) is 1.29. The highest BCUT2D eigenvalue weighted by Gasteiger charge is 2.29. The maximum absolute atomic E-state index is 12.3. The van der Waals surface area contributed by atoms with Crippen LogP contribution in [0.25, 0.3) is 11.3 Å². The van der Waals surface area contributed by atoms with Crippen LogP contribution in [0.3, 0.4) is 0 Å². The van der Waals surface area contributed by atoms with E-state index in [0.717, 1.165) is 12.8 Å². The number of esters is 1. The number of ether oxygens (including phenoxy) is 1. The Morgan fingerprint density at radius 3 is 2.48 bits per heavy atom. The highest BCUT2D eigenvalue weighted by molar-refractivity contribution is 6.03. The van der Waals surface area contributed by atoms with Gasteiger partial charge in [0.1, 0.15) is 0 Å². The Hall–Kier alpha value is -3.22. The number of aromatic nitrogens is 1. The van der Waals surface area contributed by atoms with E-state index in [1.165, 1.54) is 26.3 Å². The Bertz CT molecular complexity index is 888. The molecule has 7 nitrogen and oxygen atoms in total. The zero-order valence-electron chi connectivity index (χ0n) is 15.1. The second kappa shape index (κ2) is 7.57. The molecule has 1 aromatic heterocycles. The van der Waals surface area contributed by atoms with Crippen molar-refractivity contribution in [3.8, 4) is 11.3 Å². The van der Waals surface area contributed by atoms with E-state index in [1.54, 1.807) is 29.2 Å². The number of carbonyl (C=O) groups is 3. The number of aromatic carboxylic acids is 1. The van der Waals surface area contributed by atoms with Gasteiger partial charge in [0.05, 0.1) is 29.6 Å². The van der Waals surface area contributed by atoms with E-state index >= 15 is 0 Å². The van der Waals surface area contributed by atoms with Crippen LogP contribution in [0.5, 0.6) is 0 Å². The maximum atomic E-state index is 12.3. The van der Waals surface area contributed by atoms with E-state index in [2.05, 4.69) is 4.98 Å². The fourth-order valence-electron chi connectivity index (χ4n) is 2.85. The number of methoxy groups -OCH3 is 1. The lowest BCUT2D eigenvalue weighted by Crippen LogP contribution is -2.32. The van der Waals surface area contributed by atoms with E-state index in [4.69, 9.17) is 9.84 Å². The van der Waals surface area contributed by atoms with Crippen LogP contribution in [0.4, 0.5) is 5.69 Å². The number of rotatable bonds is 6. The van der Waals surface area contributed by atoms with Crippen molar-refractivity contribution in [2.45, 2.75) is 19.8 Å². The Morgan fingerprint density at radius 2 is 1.96 bits per heavy atom. The van der Waals surface area contributed by atoms with Gasteiger partial charge in [-0.3, -0.25) is 9.78 Å². The normalized spacial score (nSPS) is 13.1. The van der Waals surface area contributed by atoms with Gasteiger partial charge in [-0.25, -0.2) is 9.59 Å². The van der Waals surface area contributed by atoms with E-state index in [9.17, 15) is 14.4 Å².